The van der Waals surface area contributed by atoms with Crippen molar-refractivity contribution in [3.8, 4) is 28.6 Å². The lowest BCUT2D eigenvalue weighted by molar-refractivity contribution is 0.519. The molecule has 5 rings (SSSR count). The van der Waals surface area contributed by atoms with Crippen molar-refractivity contribution in [2.24, 2.45) is 0 Å². The van der Waals surface area contributed by atoms with Crippen molar-refractivity contribution in [1.29, 1.82) is 5.26 Å². The molecule has 38 heavy (non-hydrogen) atoms. The van der Waals surface area contributed by atoms with Crippen LogP contribution >= 0.6 is 0 Å². The van der Waals surface area contributed by atoms with Gasteiger partial charge in [-0.1, -0.05) is 39.8 Å². The molecular weight excluding hydrogens is 492 g/mol. The molecule has 8 bridgehead atoms. The lowest BCUT2D eigenvalue weighted by Crippen LogP contribution is -2.25. The van der Waals surface area contributed by atoms with Gasteiger partial charge in [0.1, 0.15) is 29.1 Å². The zero-order valence-corrected chi connectivity index (χ0v) is 20.9. The SMILES string of the molecule is [C-]#[N+]c1c(F)c2cc(c1F)C(C)(C)c1cccc(n1)-c1cc(c(F)c(C#N)c1F)C(C)(C)c1cccc-2n1. The molecule has 0 atom stereocenters. The number of aromatic nitrogens is 2. The quantitative estimate of drug-likeness (QED) is 0.179. The van der Waals surface area contributed by atoms with Crippen molar-refractivity contribution in [2.75, 3.05) is 0 Å². The summed E-state index contributed by atoms with van der Waals surface area (Å²) in [6.45, 7) is 14.1. The highest BCUT2D eigenvalue weighted by Gasteiger charge is 2.36. The van der Waals surface area contributed by atoms with E-state index in [1.54, 1.807) is 58.0 Å². The fourth-order valence-corrected chi connectivity index (χ4v) is 4.88. The third kappa shape index (κ3) is 3.48. The van der Waals surface area contributed by atoms with Gasteiger partial charge in [0.2, 0.25) is 0 Å². The average molecular weight is 513 g/mol. The van der Waals surface area contributed by atoms with Gasteiger partial charge in [0.05, 0.1) is 29.3 Å². The number of nitriles is 1. The molecular formula is C30H20F4N4. The second-order valence-electron chi connectivity index (χ2n) is 10.2. The summed E-state index contributed by atoms with van der Waals surface area (Å²) in [6, 6.07) is 13.7. The van der Waals surface area contributed by atoms with E-state index in [0.29, 0.717) is 11.4 Å². The highest BCUT2D eigenvalue weighted by Crippen LogP contribution is 2.43. The zero-order valence-electron chi connectivity index (χ0n) is 20.9. The highest BCUT2D eigenvalue weighted by molar-refractivity contribution is 5.71. The molecule has 2 aromatic heterocycles. The van der Waals surface area contributed by atoms with E-state index >= 15 is 17.6 Å². The normalized spacial score (nSPS) is 14.7. The summed E-state index contributed by atoms with van der Waals surface area (Å²) in [6.07, 6.45) is 0. The monoisotopic (exact) mass is 512 g/mol. The first-order valence-corrected chi connectivity index (χ1v) is 11.7. The van der Waals surface area contributed by atoms with Crippen LogP contribution in [0.5, 0.6) is 0 Å². The van der Waals surface area contributed by atoms with Crippen LogP contribution in [0.1, 0.15) is 55.8 Å². The Labute approximate surface area is 217 Å². The molecule has 1 aliphatic heterocycles. The van der Waals surface area contributed by atoms with E-state index in [9.17, 15) is 5.26 Å². The fourth-order valence-electron chi connectivity index (χ4n) is 4.88. The molecule has 0 unspecified atom stereocenters. The lowest BCUT2D eigenvalue weighted by Gasteiger charge is -2.29. The standard InChI is InChI=1S/C30H20F4N4/c1-29(2)18-12-15(24(31)17(14-35)25(18)32)20-8-6-11-23(37-20)30(3,4)19-13-16(21-9-7-10-22(29)38-21)26(33)28(36-5)27(19)34/h6-13H,1-4H3. The summed E-state index contributed by atoms with van der Waals surface area (Å²) in [5, 5.41) is 9.63. The van der Waals surface area contributed by atoms with Crippen molar-refractivity contribution in [1.82, 2.24) is 9.97 Å². The summed E-state index contributed by atoms with van der Waals surface area (Å²) in [7, 11) is 0. The average Bonchev–Trinajstić information content (AvgIpc) is 2.89. The van der Waals surface area contributed by atoms with Crippen LogP contribution in [-0.4, -0.2) is 9.97 Å². The van der Waals surface area contributed by atoms with Gasteiger partial charge in [-0.25, -0.2) is 22.4 Å². The minimum absolute atomic E-state index is 0.000682. The Balaban J connectivity index is 2.00. The molecule has 8 heteroatoms. The number of hydrogen-bond donors (Lipinski definition) is 0. The number of pyridine rings is 2. The molecule has 0 aliphatic carbocycles. The second-order valence-corrected chi connectivity index (χ2v) is 10.2. The van der Waals surface area contributed by atoms with Gasteiger partial charge in [-0.2, -0.15) is 5.26 Å². The smallest absolute Gasteiger partial charge is 0.252 e. The van der Waals surface area contributed by atoms with E-state index in [2.05, 4.69) is 14.8 Å². The molecule has 4 aromatic rings. The molecule has 1 aliphatic rings. The van der Waals surface area contributed by atoms with Crippen LogP contribution in [-0.2, 0) is 10.8 Å². The van der Waals surface area contributed by atoms with Crippen LogP contribution in [0.4, 0.5) is 23.2 Å². The maximum atomic E-state index is 15.6. The molecule has 3 heterocycles. The summed E-state index contributed by atoms with van der Waals surface area (Å²) >= 11 is 0. The minimum atomic E-state index is -1.21. The number of rotatable bonds is 0. The van der Waals surface area contributed by atoms with Gasteiger partial charge in [-0.05, 0) is 42.0 Å². The predicted molar refractivity (Wildman–Crippen MR) is 134 cm³/mol. The number of nitrogens with zero attached hydrogens (tertiary/aromatic N) is 4. The van der Waals surface area contributed by atoms with Crippen LogP contribution < -0.4 is 0 Å². The van der Waals surface area contributed by atoms with E-state index in [0.717, 1.165) is 0 Å². The third-order valence-electron chi connectivity index (χ3n) is 7.28. The van der Waals surface area contributed by atoms with E-state index < -0.39 is 45.3 Å². The van der Waals surface area contributed by atoms with Crippen LogP contribution in [0.3, 0.4) is 0 Å². The largest absolute Gasteiger partial charge is 0.257 e. The molecule has 0 spiro atoms. The van der Waals surface area contributed by atoms with Gasteiger partial charge >= 0.3 is 0 Å². The van der Waals surface area contributed by atoms with Crippen molar-refractivity contribution >= 4 is 5.69 Å². The van der Waals surface area contributed by atoms with Crippen molar-refractivity contribution in [3.63, 3.8) is 0 Å². The summed E-state index contributed by atoms with van der Waals surface area (Å²) < 4.78 is 62.2. The first-order chi connectivity index (χ1) is 17.9. The maximum Gasteiger partial charge on any atom is 0.257 e. The predicted octanol–water partition coefficient (Wildman–Crippen LogP) is 7.75. The molecule has 0 fully saturated rings. The van der Waals surface area contributed by atoms with Gasteiger partial charge in [0, 0.05) is 27.5 Å². The Kier molecular flexibility index (Phi) is 5.61. The van der Waals surface area contributed by atoms with Gasteiger partial charge < -0.3 is 0 Å². The van der Waals surface area contributed by atoms with Crippen LogP contribution in [0, 0.1) is 41.2 Å². The maximum absolute atomic E-state index is 15.6. The first kappa shape index (κ1) is 25.1. The molecule has 188 valence electrons. The number of halogens is 4. The van der Waals surface area contributed by atoms with Crippen LogP contribution in [0.25, 0.3) is 27.4 Å². The van der Waals surface area contributed by atoms with Crippen LogP contribution in [0.15, 0.2) is 48.5 Å². The Bertz CT molecular complexity index is 1610. The Morgan fingerprint density at radius 2 is 1.21 bits per heavy atom. The number of hydrogen-bond acceptors (Lipinski definition) is 3. The van der Waals surface area contributed by atoms with E-state index in [1.165, 1.54) is 24.3 Å². The summed E-state index contributed by atoms with van der Waals surface area (Å²) in [4.78, 5) is 12.3. The number of benzene rings is 2. The molecule has 4 nitrogen and oxygen atoms in total. The fraction of sp³-hybridized carbons (Fsp3) is 0.200. The lowest BCUT2D eigenvalue weighted by atomic mass is 9.77. The number of fused-ring (bicyclic) bond motifs is 10. The first-order valence-electron chi connectivity index (χ1n) is 11.7. The minimum Gasteiger partial charge on any atom is -0.252 e. The zero-order chi connectivity index (χ0) is 27.6. The Morgan fingerprint density at radius 1 is 0.737 bits per heavy atom. The van der Waals surface area contributed by atoms with Crippen molar-refractivity contribution < 1.29 is 17.6 Å². The topological polar surface area (TPSA) is 53.9 Å². The molecule has 0 amide bonds. The molecule has 2 aromatic carbocycles. The van der Waals surface area contributed by atoms with E-state index in [1.807, 2.05) is 0 Å². The van der Waals surface area contributed by atoms with E-state index in [4.69, 9.17) is 6.57 Å². The van der Waals surface area contributed by atoms with E-state index in [-0.39, 0.29) is 33.6 Å². The van der Waals surface area contributed by atoms with Gasteiger partial charge in [0.25, 0.3) is 5.69 Å². The Morgan fingerprint density at radius 3 is 1.68 bits per heavy atom. The summed E-state index contributed by atoms with van der Waals surface area (Å²) in [5.41, 5.74) is -3.34. The summed E-state index contributed by atoms with van der Waals surface area (Å²) in [5.74, 6) is -4.18. The van der Waals surface area contributed by atoms with Gasteiger partial charge in [-0.3, -0.25) is 9.97 Å². The molecule has 0 saturated heterocycles. The van der Waals surface area contributed by atoms with Crippen molar-refractivity contribution in [3.05, 3.63) is 111 Å². The highest BCUT2D eigenvalue weighted by atomic mass is 19.1. The molecule has 0 radical (unpaired) electrons. The molecule has 0 N–H and O–H groups in total. The third-order valence-corrected chi connectivity index (χ3v) is 7.28. The van der Waals surface area contributed by atoms with Gasteiger partial charge in [0.15, 0.2) is 5.82 Å². The Hall–Kier alpha value is -4.56. The van der Waals surface area contributed by atoms with Crippen molar-refractivity contribution in [2.45, 2.75) is 38.5 Å². The molecule has 0 saturated carbocycles. The van der Waals surface area contributed by atoms with Gasteiger partial charge in [-0.15, -0.1) is 0 Å². The second kappa shape index (κ2) is 8.49. The van der Waals surface area contributed by atoms with Crippen LogP contribution in [0.2, 0.25) is 0 Å².